The third-order valence-electron chi connectivity index (χ3n) is 9.44. The lowest BCUT2D eigenvalue weighted by molar-refractivity contribution is -0.142. The number of rotatable bonds is 6. The van der Waals surface area contributed by atoms with E-state index in [-0.39, 0.29) is 24.4 Å². The van der Waals surface area contributed by atoms with E-state index in [4.69, 9.17) is 28.5 Å². The van der Waals surface area contributed by atoms with E-state index in [1.54, 1.807) is 28.4 Å². The van der Waals surface area contributed by atoms with Gasteiger partial charge in [0.15, 0.2) is 6.10 Å². The van der Waals surface area contributed by atoms with Gasteiger partial charge in [-0.1, -0.05) is 17.5 Å². The van der Waals surface area contributed by atoms with Gasteiger partial charge in [-0.05, 0) is 80.8 Å². The van der Waals surface area contributed by atoms with Gasteiger partial charge < -0.3 is 35.4 Å². The van der Waals surface area contributed by atoms with Gasteiger partial charge in [-0.2, -0.15) is 0 Å². The minimum atomic E-state index is -1.03. The SMILES string of the molecule is C#Cc1cc(C[C@@H](OC(=O)N2CCC(N3Cc4sccc4NC3=O)CC2)C(=O)N2CCC(N3CCCC3)CC2)cc(Cl)c1N. The van der Waals surface area contributed by atoms with E-state index in [0.29, 0.717) is 73.4 Å². The van der Waals surface area contributed by atoms with Gasteiger partial charge in [0, 0.05) is 55.1 Å². The number of hydrogen-bond acceptors (Lipinski definition) is 7. The molecule has 4 amide bonds. The van der Waals surface area contributed by atoms with E-state index >= 15 is 0 Å². The number of piperidine rings is 2. The minimum absolute atomic E-state index is 0.0164. The molecule has 5 heterocycles. The summed E-state index contributed by atoms with van der Waals surface area (Å²) in [5.41, 5.74) is 8.34. The smallest absolute Gasteiger partial charge is 0.410 e. The molecule has 0 aliphatic carbocycles. The Labute approximate surface area is 267 Å². The fourth-order valence-electron chi connectivity index (χ4n) is 6.91. The summed E-state index contributed by atoms with van der Waals surface area (Å²) >= 11 is 7.98. The van der Waals surface area contributed by atoms with Crippen LogP contribution in [0.4, 0.5) is 21.0 Å². The highest BCUT2D eigenvalue weighted by atomic mass is 35.5. The van der Waals surface area contributed by atoms with Crippen molar-refractivity contribution in [1.29, 1.82) is 0 Å². The minimum Gasteiger partial charge on any atom is -0.436 e. The molecule has 1 aromatic heterocycles. The molecule has 4 aliphatic heterocycles. The number of amides is 4. The molecule has 1 atom stereocenters. The van der Waals surface area contributed by atoms with Gasteiger partial charge in [-0.3, -0.25) is 4.79 Å². The van der Waals surface area contributed by atoms with E-state index in [1.807, 2.05) is 21.2 Å². The Balaban J connectivity index is 1.11. The Morgan fingerprint density at radius 2 is 1.75 bits per heavy atom. The molecule has 44 heavy (non-hydrogen) atoms. The fraction of sp³-hybridized carbons (Fsp3) is 0.531. The number of terminal acetylenes is 1. The normalized spacial score (nSPS) is 20.6. The van der Waals surface area contributed by atoms with Crippen LogP contribution in [0.5, 0.6) is 0 Å². The Morgan fingerprint density at radius 1 is 1.07 bits per heavy atom. The molecule has 0 unspecified atom stereocenters. The summed E-state index contributed by atoms with van der Waals surface area (Å²) in [6.07, 6.45) is 9.77. The van der Waals surface area contributed by atoms with Gasteiger partial charge in [-0.25, -0.2) is 9.59 Å². The number of urea groups is 1. The van der Waals surface area contributed by atoms with Crippen molar-refractivity contribution in [2.24, 2.45) is 0 Å². The first-order valence-electron chi connectivity index (χ1n) is 15.5. The molecule has 0 bridgehead atoms. The third-order valence-corrected chi connectivity index (χ3v) is 10.7. The van der Waals surface area contributed by atoms with Crippen LogP contribution in [-0.4, -0.2) is 95.1 Å². The monoisotopic (exact) mass is 638 g/mol. The molecule has 0 spiro atoms. The molecule has 2 aromatic rings. The molecule has 10 nitrogen and oxygen atoms in total. The molecule has 6 rings (SSSR count). The Bertz CT molecular complexity index is 1440. The van der Waals surface area contributed by atoms with Crippen LogP contribution in [-0.2, 0) is 22.5 Å². The first kappa shape index (κ1) is 30.6. The molecular weight excluding hydrogens is 600 g/mol. The van der Waals surface area contributed by atoms with Crippen LogP contribution < -0.4 is 11.1 Å². The van der Waals surface area contributed by atoms with Crippen LogP contribution in [0.2, 0.25) is 5.02 Å². The van der Waals surface area contributed by atoms with E-state index in [2.05, 4.69) is 16.1 Å². The van der Waals surface area contributed by atoms with Crippen LogP contribution in [0, 0.1) is 12.3 Å². The van der Waals surface area contributed by atoms with Gasteiger partial charge in [0.05, 0.1) is 22.9 Å². The average molecular weight is 639 g/mol. The zero-order chi connectivity index (χ0) is 30.8. The van der Waals surface area contributed by atoms with Crippen molar-refractivity contribution in [2.45, 2.75) is 69.7 Å². The van der Waals surface area contributed by atoms with Gasteiger partial charge >= 0.3 is 12.1 Å². The highest BCUT2D eigenvalue weighted by Crippen LogP contribution is 2.32. The zero-order valence-electron chi connectivity index (χ0n) is 24.8. The summed E-state index contributed by atoms with van der Waals surface area (Å²) in [6.45, 7) is 4.94. The lowest BCUT2D eigenvalue weighted by atomic mass is 10.00. The molecular formula is C32H39ClN6O4S. The fourth-order valence-corrected chi connectivity index (χ4v) is 7.98. The largest absolute Gasteiger partial charge is 0.436 e. The molecule has 1 aromatic carbocycles. The quantitative estimate of drug-likeness (QED) is 0.353. The number of thiophene rings is 1. The Morgan fingerprint density at radius 3 is 2.45 bits per heavy atom. The first-order chi connectivity index (χ1) is 21.3. The van der Waals surface area contributed by atoms with Crippen molar-refractivity contribution in [2.75, 3.05) is 50.3 Å². The number of ether oxygens (including phenoxy) is 1. The van der Waals surface area contributed by atoms with Crippen LogP contribution in [0.25, 0.3) is 0 Å². The van der Waals surface area contributed by atoms with Crippen LogP contribution in [0.3, 0.4) is 0 Å². The molecule has 234 valence electrons. The maximum absolute atomic E-state index is 13.9. The number of carbonyl (C=O) groups is 3. The number of fused-ring (bicyclic) bond motifs is 1. The lowest BCUT2D eigenvalue weighted by Gasteiger charge is -2.40. The predicted molar refractivity (Wildman–Crippen MR) is 172 cm³/mol. The van der Waals surface area contributed by atoms with E-state index in [1.165, 1.54) is 12.8 Å². The second-order valence-corrected chi connectivity index (χ2v) is 13.5. The second kappa shape index (κ2) is 13.3. The summed E-state index contributed by atoms with van der Waals surface area (Å²) in [7, 11) is 0. The number of nitrogen functional groups attached to an aromatic ring is 1. The van der Waals surface area contributed by atoms with Gasteiger partial charge in [0.25, 0.3) is 5.91 Å². The summed E-state index contributed by atoms with van der Waals surface area (Å²) in [4.78, 5) is 49.1. The summed E-state index contributed by atoms with van der Waals surface area (Å²) in [6, 6.07) is 5.73. The topological polar surface area (TPSA) is 111 Å². The van der Waals surface area contributed by atoms with Crippen LogP contribution >= 0.6 is 22.9 Å². The molecule has 0 radical (unpaired) electrons. The number of nitrogens with one attached hydrogen (secondary N) is 1. The Hall–Kier alpha value is -3.46. The zero-order valence-corrected chi connectivity index (χ0v) is 26.4. The van der Waals surface area contributed by atoms with E-state index in [9.17, 15) is 14.4 Å². The van der Waals surface area contributed by atoms with Gasteiger partial charge in [0.2, 0.25) is 0 Å². The molecule has 3 saturated heterocycles. The molecule has 0 saturated carbocycles. The third kappa shape index (κ3) is 6.48. The maximum Gasteiger partial charge on any atom is 0.410 e. The van der Waals surface area contributed by atoms with Crippen molar-refractivity contribution >= 4 is 52.3 Å². The lowest BCUT2D eigenvalue weighted by Crippen LogP contribution is -2.52. The Kier molecular flexibility index (Phi) is 9.21. The number of hydrogen-bond donors (Lipinski definition) is 2. The predicted octanol–water partition coefficient (Wildman–Crippen LogP) is 4.61. The highest BCUT2D eigenvalue weighted by Gasteiger charge is 2.37. The van der Waals surface area contributed by atoms with E-state index in [0.717, 1.165) is 36.5 Å². The average Bonchev–Trinajstić information content (AvgIpc) is 3.74. The molecule has 12 heteroatoms. The van der Waals surface area contributed by atoms with Gasteiger partial charge in [0.1, 0.15) is 0 Å². The number of anilines is 2. The summed E-state index contributed by atoms with van der Waals surface area (Å²) < 4.78 is 5.99. The maximum atomic E-state index is 13.9. The van der Waals surface area contributed by atoms with Crippen molar-refractivity contribution in [3.63, 3.8) is 0 Å². The number of nitrogens with two attached hydrogens (primary N) is 1. The van der Waals surface area contributed by atoms with Crippen molar-refractivity contribution in [3.8, 4) is 12.3 Å². The number of carbonyl (C=O) groups excluding carboxylic acids is 3. The number of benzene rings is 1. The number of nitrogens with zero attached hydrogens (tertiary/aromatic N) is 4. The first-order valence-corrected chi connectivity index (χ1v) is 16.7. The molecule has 3 fully saturated rings. The van der Waals surface area contributed by atoms with Crippen molar-refractivity contribution < 1.29 is 19.1 Å². The summed E-state index contributed by atoms with van der Waals surface area (Å²) in [5.74, 6) is 2.34. The standard InChI is InChI=1S/C32H39ClN6O4S/c1-2-22-17-21(18-25(33)29(22)34)19-27(30(40)37-12-5-23(6-13-37)36-10-3-4-11-36)43-32(42)38-14-7-24(8-15-38)39-20-28-26(9-16-44-28)35-31(39)41/h1,9,16-18,23-24,27H,3-8,10-15,19-20,34H2,(H,35,41)/t27-/m1/s1. The van der Waals surface area contributed by atoms with Crippen molar-refractivity contribution in [1.82, 2.24) is 19.6 Å². The highest BCUT2D eigenvalue weighted by molar-refractivity contribution is 7.10. The van der Waals surface area contributed by atoms with Crippen LogP contribution in [0.15, 0.2) is 23.6 Å². The van der Waals surface area contributed by atoms with Crippen molar-refractivity contribution in [3.05, 3.63) is 44.6 Å². The molecule has 4 aliphatic rings. The number of likely N-dealkylation sites (tertiary alicyclic amines) is 3. The van der Waals surface area contributed by atoms with Crippen LogP contribution in [0.1, 0.15) is 54.5 Å². The number of halogens is 1. The van der Waals surface area contributed by atoms with Gasteiger partial charge in [-0.15, -0.1) is 17.8 Å². The molecule has 3 N–H and O–H groups in total. The summed E-state index contributed by atoms with van der Waals surface area (Å²) in [5, 5.41) is 5.25. The van der Waals surface area contributed by atoms with E-state index < -0.39 is 12.2 Å². The second-order valence-electron chi connectivity index (χ2n) is 12.1.